The molecule has 5 heteroatoms. The molecule has 0 aromatic heterocycles. The van der Waals surface area contributed by atoms with Crippen LogP contribution in [0.15, 0.2) is 12.1 Å². The van der Waals surface area contributed by atoms with Crippen molar-refractivity contribution in [1.82, 2.24) is 10.2 Å². The van der Waals surface area contributed by atoms with E-state index in [1.165, 1.54) is 24.8 Å². The summed E-state index contributed by atoms with van der Waals surface area (Å²) in [5.74, 6) is 1.44. The second kappa shape index (κ2) is 6.20. The number of rotatable bonds is 3. The predicted octanol–water partition coefficient (Wildman–Crippen LogP) is 2.64. The average molecular weight is 297 g/mol. The number of ether oxygens (including phenoxy) is 2. The number of benzene rings is 1. The summed E-state index contributed by atoms with van der Waals surface area (Å²) >= 11 is 6.24. The molecule has 0 aliphatic carbocycles. The maximum Gasteiger partial charge on any atom is 0.231 e. The van der Waals surface area contributed by atoms with Gasteiger partial charge in [0, 0.05) is 12.6 Å². The fraction of sp³-hybridized carbons (Fsp3) is 0.600. The Balaban J connectivity index is 1.69. The first-order valence-electron chi connectivity index (χ1n) is 7.23. The molecule has 1 aromatic rings. The van der Waals surface area contributed by atoms with Crippen LogP contribution >= 0.6 is 11.6 Å². The first-order chi connectivity index (χ1) is 9.74. The van der Waals surface area contributed by atoms with Crippen molar-refractivity contribution in [1.29, 1.82) is 0 Å². The van der Waals surface area contributed by atoms with E-state index in [9.17, 15) is 0 Å². The molecule has 0 saturated carbocycles. The smallest absolute Gasteiger partial charge is 0.231 e. The van der Waals surface area contributed by atoms with Gasteiger partial charge in [0.25, 0.3) is 0 Å². The van der Waals surface area contributed by atoms with Crippen LogP contribution in [0, 0.1) is 0 Å². The third-order valence-corrected chi connectivity index (χ3v) is 4.37. The molecule has 1 fully saturated rings. The Hall–Kier alpha value is -0.970. The van der Waals surface area contributed by atoms with Crippen LogP contribution in [0.2, 0.25) is 5.02 Å². The lowest BCUT2D eigenvalue weighted by molar-refractivity contribution is 0.174. The first-order valence-corrected chi connectivity index (χ1v) is 7.61. The van der Waals surface area contributed by atoms with E-state index in [1.54, 1.807) is 0 Å². The summed E-state index contributed by atoms with van der Waals surface area (Å²) < 4.78 is 10.8. The molecule has 0 amide bonds. The van der Waals surface area contributed by atoms with Crippen molar-refractivity contribution in [3.63, 3.8) is 0 Å². The molecule has 0 spiro atoms. The van der Waals surface area contributed by atoms with Crippen LogP contribution in [0.5, 0.6) is 11.5 Å². The topological polar surface area (TPSA) is 33.7 Å². The molecule has 2 aliphatic heterocycles. The van der Waals surface area contributed by atoms with Crippen molar-refractivity contribution in [2.75, 3.05) is 26.9 Å². The first kappa shape index (κ1) is 14.0. The normalized spacial score (nSPS) is 22.1. The van der Waals surface area contributed by atoms with Crippen LogP contribution in [0.1, 0.15) is 24.8 Å². The molecule has 0 bridgehead atoms. The minimum Gasteiger partial charge on any atom is -0.454 e. The van der Waals surface area contributed by atoms with E-state index < -0.39 is 0 Å². The largest absolute Gasteiger partial charge is 0.454 e. The highest BCUT2D eigenvalue weighted by atomic mass is 35.5. The molecular formula is C15H21ClN2O2. The second-order valence-corrected chi connectivity index (χ2v) is 5.97. The molecule has 2 heterocycles. The molecule has 4 nitrogen and oxygen atoms in total. The highest BCUT2D eigenvalue weighted by molar-refractivity contribution is 6.32. The number of nitrogens with one attached hydrogen (secondary N) is 1. The molecule has 110 valence electrons. The number of hydrogen-bond acceptors (Lipinski definition) is 4. The molecule has 1 saturated heterocycles. The summed E-state index contributed by atoms with van der Waals surface area (Å²) in [6, 6.07) is 4.66. The van der Waals surface area contributed by atoms with E-state index in [1.807, 2.05) is 12.1 Å². The lowest BCUT2D eigenvalue weighted by Crippen LogP contribution is -2.32. The molecule has 0 radical (unpaired) electrons. The zero-order valence-corrected chi connectivity index (χ0v) is 12.6. The van der Waals surface area contributed by atoms with Gasteiger partial charge in [-0.1, -0.05) is 11.6 Å². The average Bonchev–Trinajstić information content (AvgIpc) is 2.73. The third-order valence-electron chi connectivity index (χ3n) is 4.09. The summed E-state index contributed by atoms with van der Waals surface area (Å²) in [6.45, 7) is 3.40. The summed E-state index contributed by atoms with van der Waals surface area (Å²) in [6.07, 6.45) is 3.70. The van der Waals surface area contributed by atoms with Gasteiger partial charge in [0.1, 0.15) is 0 Å². The van der Waals surface area contributed by atoms with Crippen molar-refractivity contribution in [3.8, 4) is 11.5 Å². The number of hydrogen-bond donors (Lipinski definition) is 1. The van der Waals surface area contributed by atoms with E-state index in [0.29, 0.717) is 16.8 Å². The SMILES string of the molecule is CN(Cc1cc(Cl)c2c(c1)OCO2)C1CCCNCC1. The van der Waals surface area contributed by atoms with Gasteiger partial charge >= 0.3 is 0 Å². The predicted molar refractivity (Wildman–Crippen MR) is 79.6 cm³/mol. The van der Waals surface area contributed by atoms with Gasteiger partial charge in [-0.25, -0.2) is 0 Å². The Morgan fingerprint density at radius 1 is 1.30 bits per heavy atom. The molecular weight excluding hydrogens is 276 g/mol. The second-order valence-electron chi connectivity index (χ2n) is 5.56. The van der Waals surface area contributed by atoms with Crippen molar-refractivity contribution < 1.29 is 9.47 Å². The van der Waals surface area contributed by atoms with Gasteiger partial charge in [-0.15, -0.1) is 0 Å². The highest BCUT2D eigenvalue weighted by Gasteiger charge is 2.21. The maximum atomic E-state index is 6.24. The van der Waals surface area contributed by atoms with E-state index in [0.717, 1.165) is 25.4 Å². The molecule has 1 N–H and O–H groups in total. The molecule has 1 atom stereocenters. The molecule has 1 unspecified atom stereocenters. The Morgan fingerprint density at radius 3 is 3.10 bits per heavy atom. The monoisotopic (exact) mass is 296 g/mol. The van der Waals surface area contributed by atoms with Crippen molar-refractivity contribution in [2.45, 2.75) is 31.8 Å². The van der Waals surface area contributed by atoms with Gasteiger partial charge in [0.05, 0.1) is 5.02 Å². The summed E-state index contributed by atoms with van der Waals surface area (Å²) in [4.78, 5) is 2.42. The van der Waals surface area contributed by atoms with E-state index in [-0.39, 0.29) is 6.79 Å². The van der Waals surface area contributed by atoms with Gasteiger partial charge in [-0.2, -0.15) is 0 Å². The molecule has 20 heavy (non-hydrogen) atoms. The van der Waals surface area contributed by atoms with E-state index >= 15 is 0 Å². The Morgan fingerprint density at radius 2 is 2.20 bits per heavy atom. The molecule has 2 aliphatic rings. The van der Waals surface area contributed by atoms with Crippen molar-refractivity contribution in [2.24, 2.45) is 0 Å². The van der Waals surface area contributed by atoms with Gasteiger partial charge < -0.3 is 14.8 Å². The minimum absolute atomic E-state index is 0.267. The minimum atomic E-state index is 0.267. The molecule has 3 rings (SSSR count). The maximum absolute atomic E-state index is 6.24. The van der Waals surface area contributed by atoms with Crippen LogP contribution in [-0.2, 0) is 6.54 Å². The van der Waals surface area contributed by atoms with Gasteiger partial charge in [0.2, 0.25) is 6.79 Å². The van der Waals surface area contributed by atoms with Gasteiger partial charge in [-0.05, 0) is 57.1 Å². The van der Waals surface area contributed by atoms with E-state index in [2.05, 4.69) is 17.3 Å². The Bertz CT molecular complexity index is 473. The lowest BCUT2D eigenvalue weighted by Gasteiger charge is -2.27. The highest BCUT2D eigenvalue weighted by Crippen LogP contribution is 2.40. The summed E-state index contributed by atoms with van der Waals surface area (Å²) in [7, 11) is 2.19. The summed E-state index contributed by atoms with van der Waals surface area (Å²) in [5, 5.41) is 4.10. The zero-order chi connectivity index (χ0) is 13.9. The number of halogens is 1. The number of fused-ring (bicyclic) bond motifs is 1. The van der Waals surface area contributed by atoms with Gasteiger partial charge in [-0.3, -0.25) is 4.90 Å². The van der Waals surface area contributed by atoms with Crippen LogP contribution in [0.4, 0.5) is 0 Å². The lowest BCUT2D eigenvalue weighted by atomic mass is 10.1. The summed E-state index contributed by atoms with van der Waals surface area (Å²) in [5.41, 5.74) is 1.18. The van der Waals surface area contributed by atoms with Crippen molar-refractivity contribution in [3.05, 3.63) is 22.7 Å². The Labute approximate surface area is 125 Å². The Kier molecular flexibility index (Phi) is 4.34. The standard InChI is InChI=1S/C15H21ClN2O2/c1-18(12-3-2-5-17-6-4-12)9-11-7-13(16)15-14(8-11)19-10-20-15/h7-8,12,17H,2-6,9-10H2,1H3. The fourth-order valence-corrected chi connectivity index (χ4v) is 3.26. The molecule has 1 aromatic carbocycles. The fourth-order valence-electron chi connectivity index (χ4n) is 2.97. The van der Waals surface area contributed by atoms with Gasteiger partial charge in [0.15, 0.2) is 11.5 Å². The van der Waals surface area contributed by atoms with Crippen LogP contribution < -0.4 is 14.8 Å². The number of nitrogens with zero attached hydrogens (tertiary/aromatic N) is 1. The van der Waals surface area contributed by atoms with Crippen LogP contribution in [0.3, 0.4) is 0 Å². The van der Waals surface area contributed by atoms with Crippen molar-refractivity contribution >= 4 is 11.6 Å². The quantitative estimate of drug-likeness (QED) is 0.930. The zero-order valence-electron chi connectivity index (χ0n) is 11.8. The van der Waals surface area contributed by atoms with Crippen LogP contribution in [0.25, 0.3) is 0 Å². The van der Waals surface area contributed by atoms with Crippen LogP contribution in [-0.4, -0.2) is 37.9 Å². The van der Waals surface area contributed by atoms with E-state index in [4.69, 9.17) is 21.1 Å². The third kappa shape index (κ3) is 3.03.